The summed E-state index contributed by atoms with van der Waals surface area (Å²) in [6.07, 6.45) is 18.9. The molecule has 3 heterocycles. The van der Waals surface area contributed by atoms with E-state index in [-0.39, 0.29) is 0 Å². The van der Waals surface area contributed by atoms with Crippen molar-refractivity contribution in [2.75, 3.05) is 13.1 Å². The summed E-state index contributed by atoms with van der Waals surface area (Å²) < 4.78 is 2.14. The Balaban J connectivity index is 1.55. The number of aromatic nitrogens is 2. The molecule has 1 saturated heterocycles. The number of imidazole rings is 1. The van der Waals surface area contributed by atoms with E-state index in [2.05, 4.69) is 50.5 Å². The minimum Gasteiger partial charge on any atom is -0.361 e. The number of hydrogen-bond donors (Lipinski definition) is 2. The van der Waals surface area contributed by atoms with Crippen molar-refractivity contribution in [3.8, 4) is 0 Å². The van der Waals surface area contributed by atoms with Crippen molar-refractivity contribution in [1.82, 2.24) is 20.2 Å². The second-order valence-electron chi connectivity index (χ2n) is 8.20. The lowest BCUT2D eigenvalue weighted by molar-refractivity contribution is 0.445. The van der Waals surface area contributed by atoms with Gasteiger partial charge in [0.25, 0.3) is 0 Å². The van der Waals surface area contributed by atoms with Crippen LogP contribution in [0.1, 0.15) is 36.8 Å². The first-order valence-electron chi connectivity index (χ1n) is 10.8. The third-order valence-corrected chi connectivity index (χ3v) is 6.51. The number of benzene rings is 1. The summed E-state index contributed by atoms with van der Waals surface area (Å²) in [6, 6.07) is 6.43. The molecular weight excluding hydrogens is 392 g/mol. The van der Waals surface area contributed by atoms with E-state index in [1.807, 2.05) is 31.0 Å². The summed E-state index contributed by atoms with van der Waals surface area (Å²) in [5, 5.41) is 7.89. The predicted octanol–water partition coefficient (Wildman–Crippen LogP) is 5.17. The van der Waals surface area contributed by atoms with Gasteiger partial charge in [-0.15, -0.1) is 0 Å². The Bertz CT molecular complexity index is 1040. The molecule has 0 atom stereocenters. The zero-order valence-corrected chi connectivity index (χ0v) is 17.8. The Morgan fingerprint density at radius 3 is 2.90 bits per heavy atom. The van der Waals surface area contributed by atoms with Crippen molar-refractivity contribution >= 4 is 22.7 Å². The van der Waals surface area contributed by atoms with Gasteiger partial charge in [0.2, 0.25) is 0 Å². The van der Waals surface area contributed by atoms with E-state index in [1.54, 1.807) is 0 Å². The number of nitrogens with one attached hydrogen (secondary N) is 2. The monoisotopic (exact) mass is 418 g/mol. The maximum atomic E-state index is 6.49. The number of hydrogen-bond acceptors (Lipinski definition) is 3. The van der Waals surface area contributed by atoms with Gasteiger partial charge in [-0.1, -0.05) is 23.7 Å². The molecule has 0 bridgehead atoms. The van der Waals surface area contributed by atoms with E-state index >= 15 is 0 Å². The summed E-state index contributed by atoms with van der Waals surface area (Å²) in [4.78, 5) is 4.16. The Kier molecular flexibility index (Phi) is 5.60. The van der Waals surface area contributed by atoms with Crippen LogP contribution in [0.3, 0.4) is 0 Å². The van der Waals surface area contributed by atoms with Gasteiger partial charge in [0.1, 0.15) is 0 Å². The summed E-state index contributed by atoms with van der Waals surface area (Å²) in [5.74, 6) is 0.544. The molecule has 2 aliphatic heterocycles. The number of piperidine rings is 1. The molecule has 0 unspecified atom stereocenters. The molecule has 0 spiro atoms. The summed E-state index contributed by atoms with van der Waals surface area (Å²) in [6.45, 7) is 3.11. The van der Waals surface area contributed by atoms with E-state index in [4.69, 9.17) is 11.6 Å². The minimum atomic E-state index is 0.544. The molecule has 4 nitrogen and oxygen atoms in total. The van der Waals surface area contributed by atoms with E-state index in [0.29, 0.717) is 5.92 Å². The molecule has 2 N–H and O–H groups in total. The lowest BCUT2D eigenvalue weighted by Crippen LogP contribution is -2.29. The SMILES string of the molecule is Clc1ccc2c(c1)C(CCCn1ccnc1)=CC1=CC=CNC1=C2C1CCNCC1. The van der Waals surface area contributed by atoms with Crippen molar-refractivity contribution in [2.24, 2.45) is 5.92 Å². The van der Waals surface area contributed by atoms with Crippen LogP contribution in [0.2, 0.25) is 5.02 Å². The molecule has 2 aromatic rings. The number of aryl methyl sites for hydroxylation is 1. The van der Waals surface area contributed by atoms with Gasteiger partial charge in [0.15, 0.2) is 0 Å². The highest BCUT2D eigenvalue weighted by molar-refractivity contribution is 6.30. The quantitative estimate of drug-likeness (QED) is 0.704. The fourth-order valence-corrected chi connectivity index (χ4v) is 5.01. The van der Waals surface area contributed by atoms with Gasteiger partial charge in [-0.3, -0.25) is 0 Å². The van der Waals surface area contributed by atoms with Gasteiger partial charge in [-0.2, -0.15) is 0 Å². The third kappa shape index (κ3) is 3.90. The Labute approximate surface area is 183 Å². The van der Waals surface area contributed by atoms with Crippen LogP contribution in [0.15, 0.2) is 72.6 Å². The average molecular weight is 419 g/mol. The number of fused-ring (bicyclic) bond motifs is 2. The fraction of sp³-hybridized carbons (Fsp3) is 0.320. The Morgan fingerprint density at radius 2 is 2.07 bits per heavy atom. The highest BCUT2D eigenvalue weighted by Gasteiger charge is 2.28. The first-order chi connectivity index (χ1) is 14.8. The van der Waals surface area contributed by atoms with Crippen LogP contribution in [0.5, 0.6) is 0 Å². The first kappa shape index (κ1) is 19.4. The van der Waals surface area contributed by atoms with E-state index in [0.717, 1.165) is 50.3 Å². The average Bonchev–Trinajstić information content (AvgIpc) is 3.25. The van der Waals surface area contributed by atoms with Gasteiger partial charge >= 0.3 is 0 Å². The van der Waals surface area contributed by atoms with Crippen molar-refractivity contribution < 1.29 is 0 Å². The van der Waals surface area contributed by atoms with Crippen LogP contribution in [0.25, 0.3) is 11.1 Å². The summed E-state index contributed by atoms with van der Waals surface area (Å²) in [5.41, 5.74) is 7.96. The molecule has 0 saturated carbocycles. The van der Waals surface area contributed by atoms with E-state index in [1.165, 1.54) is 33.5 Å². The standard InChI is InChI=1S/C25H27ClN4/c26-21-5-6-22-23(16-21)19(4-2-13-30-14-12-28-17-30)15-20-3-1-9-29-25(20)24(22)18-7-10-27-11-8-18/h1,3,5-6,9,12,14-18,27,29H,2,4,7-8,10-11,13H2. The molecule has 1 fully saturated rings. The van der Waals surface area contributed by atoms with Gasteiger partial charge < -0.3 is 15.2 Å². The fourth-order valence-electron chi connectivity index (χ4n) is 4.83. The van der Waals surface area contributed by atoms with E-state index < -0.39 is 0 Å². The van der Waals surface area contributed by atoms with Crippen molar-refractivity contribution in [1.29, 1.82) is 0 Å². The second kappa shape index (κ2) is 8.66. The molecule has 30 heavy (non-hydrogen) atoms. The van der Waals surface area contributed by atoms with Crippen LogP contribution in [0, 0.1) is 5.92 Å². The highest BCUT2D eigenvalue weighted by atomic mass is 35.5. The van der Waals surface area contributed by atoms with Gasteiger partial charge in [0, 0.05) is 35.9 Å². The van der Waals surface area contributed by atoms with Crippen LogP contribution < -0.4 is 10.6 Å². The number of halogens is 1. The molecular formula is C25H27ClN4. The van der Waals surface area contributed by atoms with Crippen molar-refractivity contribution in [3.63, 3.8) is 0 Å². The maximum absolute atomic E-state index is 6.49. The van der Waals surface area contributed by atoms with E-state index in [9.17, 15) is 0 Å². The van der Waals surface area contributed by atoms with Gasteiger partial charge in [0.05, 0.1) is 6.33 Å². The molecule has 0 radical (unpaired) electrons. The zero-order valence-electron chi connectivity index (χ0n) is 17.1. The topological polar surface area (TPSA) is 41.9 Å². The normalized spacial score (nSPS) is 18.8. The molecule has 3 aliphatic rings. The van der Waals surface area contributed by atoms with Crippen LogP contribution in [0.4, 0.5) is 0 Å². The molecule has 154 valence electrons. The van der Waals surface area contributed by atoms with Crippen molar-refractivity contribution in [2.45, 2.75) is 32.2 Å². The number of allylic oxidation sites excluding steroid dienone is 5. The smallest absolute Gasteiger partial charge is 0.0945 e. The first-order valence-corrected chi connectivity index (χ1v) is 11.2. The molecule has 1 aromatic heterocycles. The highest BCUT2D eigenvalue weighted by Crippen LogP contribution is 2.43. The lowest BCUT2D eigenvalue weighted by atomic mass is 9.81. The molecule has 0 amide bonds. The van der Waals surface area contributed by atoms with Gasteiger partial charge in [-0.25, -0.2) is 4.98 Å². The zero-order chi connectivity index (χ0) is 20.3. The number of dihydropyridines is 1. The third-order valence-electron chi connectivity index (χ3n) is 6.27. The van der Waals surface area contributed by atoms with Crippen LogP contribution >= 0.6 is 11.6 Å². The Morgan fingerprint density at radius 1 is 1.17 bits per heavy atom. The largest absolute Gasteiger partial charge is 0.361 e. The van der Waals surface area contributed by atoms with Gasteiger partial charge in [-0.05, 0) is 96.8 Å². The lowest BCUT2D eigenvalue weighted by Gasteiger charge is -2.29. The molecule has 5 heteroatoms. The summed E-state index contributed by atoms with van der Waals surface area (Å²) >= 11 is 6.49. The minimum absolute atomic E-state index is 0.544. The second-order valence-corrected chi connectivity index (χ2v) is 8.64. The number of rotatable bonds is 5. The predicted molar refractivity (Wildman–Crippen MR) is 124 cm³/mol. The van der Waals surface area contributed by atoms with Crippen LogP contribution in [-0.2, 0) is 6.54 Å². The summed E-state index contributed by atoms with van der Waals surface area (Å²) in [7, 11) is 0. The molecule has 5 rings (SSSR count). The van der Waals surface area contributed by atoms with Crippen molar-refractivity contribution in [3.05, 3.63) is 88.8 Å². The Hall–Kier alpha value is -2.56. The molecule has 1 aromatic carbocycles. The number of nitrogens with zero attached hydrogens (tertiary/aromatic N) is 2. The molecule has 1 aliphatic carbocycles. The maximum Gasteiger partial charge on any atom is 0.0945 e. The van der Waals surface area contributed by atoms with Crippen LogP contribution in [-0.4, -0.2) is 22.6 Å².